The lowest BCUT2D eigenvalue weighted by Crippen LogP contribution is -2.25. The van der Waals surface area contributed by atoms with Crippen LogP contribution < -0.4 is 16.0 Å². The van der Waals surface area contributed by atoms with E-state index < -0.39 is 11.7 Å². The fourth-order valence-corrected chi connectivity index (χ4v) is 3.43. The summed E-state index contributed by atoms with van der Waals surface area (Å²) in [5.41, 5.74) is 4.32. The first-order valence-corrected chi connectivity index (χ1v) is 13.6. The predicted molar refractivity (Wildman–Crippen MR) is 159 cm³/mol. The van der Waals surface area contributed by atoms with Crippen LogP contribution >= 0.6 is 0 Å². The second kappa shape index (κ2) is 22.1. The Morgan fingerprint density at radius 1 is 0.800 bits per heavy atom. The van der Waals surface area contributed by atoms with E-state index in [4.69, 9.17) is 0 Å². The second-order valence-electron chi connectivity index (χ2n) is 8.44. The van der Waals surface area contributed by atoms with E-state index in [1.165, 1.54) is 35.4 Å². The van der Waals surface area contributed by atoms with Gasteiger partial charge in [-0.05, 0) is 55.0 Å². The van der Waals surface area contributed by atoms with Gasteiger partial charge in [-0.25, -0.2) is 0 Å². The lowest BCUT2D eigenvalue weighted by Gasteiger charge is -2.06. The number of rotatable bonds is 7. The van der Waals surface area contributed by atoms with Crippen LogP contribution in [0.25, 0.3) is 0 Å². The molecule has 40 heavy (non-hydrogen) atoms. The molecule has 8 heteroatoms. The number of nitrogens with one attached hydrogen (secondary N) is 3. The third-order valence-corrected chi connectivity index (χ3v) is 5.44. The molecule has 5 nitrogen and oxygen atoms in total. The summed E-state index contributed by atoms with van der Waals surface area (Å²) in [6, 6.07) is 25.0. The van der Waals surface area contributed by atoms with Crippen molar-refractivity contribution < 1.29 is 22.8 Å². The van der Waals surface area contributed by atoms with Gasteiger partial charge < -0.3 is 16.0 Å². The minimum Gasteiger partial charge on any atom is -0.382 e. The van der Waals surface area contributed by atoms with Crippen LogP contribution in [0.2, 0.25) is 0 Å². The highest BCUT2D eigenvalue weighted by Gasteiger charge is 2.30. The Morgan fingerprint density at radius 3 is 1.80 bits per heavy atom. The molecule has 1 atom stereocenters. The minimum atomic E-state index is -4.22. The number of alkyl halides is 3. The Labute approximate surface area is 237 Å². The third kappa shape index (κ3) is 16.2. The van der Waals surface area contributed by atoms with E-state index in [1.54, 1.807) is 6.07 Å². The van der Waals surface area contributed by atoms with Gasteiger partial charge in [0.2, 0.25) is 12.8 Å². The Kier molecular flexibility index (Phi) is 20.0. The Balaban J connectivity index is 0.000000503. The number of benzene rings is 3. The topological polar surface area (TPSA) is 70.2 Å². The maximum Gasteiger partial charge on any atom is 0.416 e. The smallest absolute Gasteiger partial charge is 0.382 e. The average Bonchev–Trinajstić information content (AvgIpc) is 3.37. The summed E-state index contributed by atoms with van der Waals surface area (Å²) in [5.74, 6) is 0. The summed E-state index contributed by atoms with van der Waals surface area (Å²) in [4.78, 5) is 19.1. The van der Waals surface area contributed by atoms with Gasteiger partial charge in [-0.1, -0.05) is 94.4 Å². The van der Waals surface area contributed by atoms with Crippen LogP contribution in [0.5, 0.6) is 0 Å². The highest BCUT2D eigenvalue weighted by Crippen LogP contribution is 2.29. The van der Waals surface area contributed by atoms with E-state index >= 15 is 0 Å². The molecule has 0 aliphatic carbocycles. The monoisotopic (exact) mass is 559 g/mol. The standard InChI is InChI=1S/C9H9F3.C9H11N.C8H10.C4H8N2O2.C2H6/c1-2-7-4-3-5-8(6-7)9(10,11)12;1-7-6-8-4-2-3-5-9(8)10-7;1-2-8-6-4-3-5-7-8;7-3-5-1-2-6-4-8;1-2/h3-6H,2H2,1H3;2-5,7,10H,6H2,1H3;3-7H,2H2,1H3;3-4H,1-2H2,(H,5,7)(H,6,8);1-2H3/t;7-;;;/m.0.../s1. The van der Waals surface area contributed by atoms with Crippen LogP contribution in [0, 0.1) is 0 Å². The van der Waals surface area contributed by atoms with Crippen molar-refractivity contribution >= 4 is 18.5 Å². The first kappa shape index (κ1) is 36.2. The number of hydrogen-bond acceptors (Lipinski definition) is 3. The molecule has 0 aromatic heterocycles. The largest absolute Gasteiger partial charge is 0.416 e. The first-order chi connectivity index (χ1) is 19.2. The van der Waals surface area contributed by atoms with E-state index in [0.29, 0.717) is 43.9 Å². The summed E-state index contributed by atoms with van der Waals surface area (Å²) < 4.78 is 36.3. The van der Waals surface area contributed by atoms with Gasteiger partial charge in [-0.3, -0.25) is 9.59 Å². The highest BCUT2D eigenvalue weighted by molar-refractivity contribution is 5.56. The van der Waals surface area contributed by atoms with Gasteiger partial charge in [0.15, 0.2) is 0 Å². The van der Waals surface area contributed by atoms with Crippen LogP contribution in [-0.2, 0) is 35.0 Å². The molecule has 0 saturated carbocycles. The van der Waals surface area contributed by atoms with Gasteiger partial charge in [-0.15, -0.1) is 0 Å². The maximum absolute atomic E-state index is 12.1. The van der Waals surface area contributed by atoms with Crippen LogP contribution in [0.1, 0.15) is 56.9 Å². The molecule has 3 aromatic rings. The van der Waals surface area contributed by atoms with Crippen LogP contribution in [0.4, 0.5) is 18.9 Å². The van der Waals surface area contributed by atoms with E-state index in [2.05, 4.69) is 78.3 Å². The Morgan fingerprint density at radius 2 is 1.32 bits per heavy atom. The molecule has 4 rings (SSSR count). The number of para-hydroxylation sites is 1. The molecule has 0 spiro atoms. The number of halogens is 3. The molecule has 3 aromatic carbocycles. The van der Waals surface area contributed by atoms with Crippen molar-refractivity contribution in [2.75, 3.05) is 18.4 Å². The van der Waals surface area contributed by atoms with Crippen molar-refractivity contribution in [2.45, 2.75) is 66.1 Å². The number of amides is 2. The zero-order chi connectivity index (χ0) is 30.2. The number of aryl methyl sites for hydroxylation is 2. The number of hydrogen-bond donors (Lipinski definition) is 3. The quantitative estimate of drug-likeness (QED) is 0.214. The molecule has 1 aliphatic rings. The molecule has 0 radical (unpaired) electrons. The normalized spacial score (nSPS) is 12.4. The Bertz CT molecular complexity index is 1030. The average molecular weight is 560 g/mol. The second-order valence-corrected chi connectivity index (χ2v) is 8.44. The molecule has 2 amide bonds. The van der Waals surface area contributed by atoms with Gasteiger partial charge in [-0.2, -0.15) is 13.2 Å². The highest BCUT2D eigenvalue weighted by atomic mass is 19.4. The molecule has 3 N–H and O–H groups in total. The summed E-state index contributed by atoms with van der Waals surface area (Å²) >= 11 is 0. The molecule has 0 saturated heterocycles. The fraction of sp³-hybridized carbons (Fsp3) is 0.375. The zero-order valence-corrected chi connectivity index (χ0v) is 24.2. The van der Waals surface area contributed by atoms with Crippen molar-refractivity contribution in [3.05, 3.63) is 101 Å². The molecule has 0 unspecified atom stereocenters. The molecule has 0 bridgehead atoms. The number of anilines is 1. The van der Waals surface area contributed by atoms with Gasteiger partial charge in [0, 0.05) is 24.8 Å². The van der Waals surface area contributed by atoms with Crippen LogP contribution in [0.15, 0.2) is 78.9 Å². The molecular weight excluding hydrogens is 515 g/mol. The van der Waals surface area contributed by atoms with Crippen LogP contribution in [0.3, 0.4) is 0 Å². The number of fused-ring (bicyclic) bond motifs is 1. The molecule has 0 fully saturated rings. The van der Waals surface area contributed by atoms with Gasteiger partial charge >= 0.3 is 6.18 Å². The molecule has 1 aliphatic heterocycles. The van der Waals surface area contributed by atoms with E-state index in [1.807, 2.05) is 26.8 Å². The van der Waals surface area contributed by atoms with E-state index in [-0.39, 0.29) is 0 Å². The third-order valence-electron chi connectivity index (χ3n) is 5.44. The lowest BCUT2D eigenvalue weighted by atomic mass is 10.1. The SMILES string of the molecule is CC.CCc1cccc(C(F)(F)F)c1.CCc1ccccc1.C[C@H]1Cc2ccccc2N1.O=CNCCNC=O. The van der Waals surface area contributed by atoms with E-state index in [0.717, 1.165) is 12.5 Å². The molecular formula is C32H44F3N3O2. The van der Waals surface area contributed by atoms with E-state index in [9.17, 15) is 22.8 Å². The lowest BCUT2D eigenvalue weighted by molar-refractivity contribution is -0.137. The van der Waals surface area contributed by atoms with Gasteiger partial charge in [0.25, 0.3) is 0 Å². The Hall–Kier alpha value is -3.81. The molecule has 1 heterocycles. The van der Waals surface area contributed by atoms with Crippen molar-refractivity contribution in [3.8, 4) is 0 Å². The summed E-state index contributed by atoms with van der Waals surface area (Å²) in [7, 11) is 0. The van der Waals surface area contributed by atoms with Gasteiger partial charge in [0.05, 0.1) is 5.56 Å². The fourth-order valence-electron chi connectivity index (χ4n) is 3.43. The van der Waals surface area contributed by atoms with Gasteiger partial charge in [0.1, 0.15) is 0 Å². The summed E-state index contributed by atoms with van der Waals surface area (Å²) in [6.45, 7) is 11.2. The summed E-state index contributed by atoms with van der Waals surface area (Å²) in [6.07, 6.45) is -0.0922. The number of carbonyl (C=O) groups is 2. The van der Waals surface area contributed by atoms with Crippen molar-refractivity contribution in [1.29, 1.82) is 0 Å². The number of carbonyl (C=O) groups excluding carboxylic acids is 2. The molecule has 220 valence electrons. The summed E-state index contributed by atoms with van der Waals surface area (Å²) in [5, 5.41) is 8.16. The van der Waals surface area contributed by atoms with Crippen molar-refractivity contribution in [3.63, 3.8) is 0 Å². The minimum absolute atomic E-state index is 0.488. The van der Waals surface area contributed by atoms with Crippen molar-refractivity contribution in [1.82, 2.24) is 10.6 Å². The predicted octanol–water partition coefficient (Wildman–Crippen LogP) is 7.06. The maximum atomic E-state index is 12.1. The van der Waals surface area contributed by atoms with Crippen molar-refractivity contribution in [2.24, 2.45) is 0 Å². The van der Waals surface area contributed by atoms with Crippen LogP contribution in [-0.4, -0.2) is 32.0 Å². The first-order valence-electron chi connectivity index (χ1n) is 13.6. The zero-order valence-electron chi connectivity index (χ0n) is 24.2.